The number of nitrogens with zero attached hydrogens (tertiary/aromatic N) is 3. The first-order chi connectivity index (χ1) is 9.05. The Labute approximate surface area is 109 Å². The summed E-state index contributed by atoms with van der Waals surface area (Å²) in [6, 6.07) is 13.2. The summed E-state index contributed by atoms with van der Waals surface area (Å²) in [6.45, 7) is 0. The van der Waals surface area contributed by atoms with Gasteiger partial charge in [0.05, 0.1) is 16.1 Å². The van der Waals surface area contributed by atoms with E-state index in [9.17, 15) is 8.42 Å². The lowest BCUT2D eigenvalue weighted by molar-refractivity contribution is 0.483. The predicted molar refractivity (Wildman–Crippen MR) is 68.7 cm³/mol. The highest BCUT2D eigenvalue weighted by Gasteiger charge is 2.10. The molecule has 0 amide bonds. The topological polar surface area (TPSA) is 85.1 Å². The van der Waals surface area contributed by atoms with Crippen molar-refractivity contribution in [1.29, 1.82) is 0 Å². The average Bonchev–Trinajstić information content (AvgIpc) is 2.82. The minimum atomic E-state index is -4.18. The maximum Gasteiger partial charge on any atom is 0.294 e. The van der Waals surface area contributed by atoms with Gasteiger partial charge in [0, 0.05) is 0 Å². The van der Waals surface area contributed by atoms with Crippen molar-refractivity contribution < 1.29 is 13.0 Å². The Bertz CT molecular complexity index is 838. The van der Waals surface area contributed by atoms with E-state index in [0.717, 1.165) is 11.0 Å². The third kappa shape index (κ3) is 2.09. The Kier molecular flexibility index (Phi) is 2.58. The molecular weight excluding hydrogens is 266 g/mol. The third-order valence-corrected chi connectivity index (χ3v) is 3.60. The Morgan fingerprint density at radius 2 is 1.68 bits per heavy atom. The molecule has 0 aliphatic carbocycles. The molecule has 3 rings (SSSR count). The lowest BCUT2D eigenvalue weighted by Crippen LogP contribution is -2.00. The molecule has 3 aromatic rings. The predicted octanol–water partition coefficient (Wildman–Crippen LogP) is 1.67. The van der Waals surface area contributed by atoms with Crippen molar-refractivity contribution in [3.63, 3.8) is 0 Å². The number of rotatable bonds is 2. The van der Waals surface area contributed by atoms with Gasteiger partial charge >= 0.3 is 0 Å². The number of aromatic nitrogens is 3. The molecule has 0 saturated carbocycles. The molecule has 0 saturated heterocycles. The Balaban J connectivity index is 2.12. The molecule has 0 spiro atoms. The zero-order valence-corrected chi connectivity index (χ0v) is 10.4. The summed E-state index contributed by atoms with van der Waals surface area (Å²) in [4.78, 5) is -0.152. The molecule has 7 heteroatoms. The van der Waals surface area contributed by atoms with Crippen molar-refractivity contribution in [1.82, 2.24) is 15.0 Å². The second-order valence-electron chi connectivity index (χ2n) is 3.96. The highest BCUT2D eigenvalue weighted by Crippen LogP contribution is 2.17. The molecular formula is C12H9N3O3S. The minimum Gasteiger partial charge on any atom is -0.282 e. The smallest absolute Gasteiger partial charge is 0.282 e. The summed E-state index contributed by atoms with van der Waals surface area (Å²) < 4.78 is 32.4. The number of para-hydroxylation sites is 1. The van der Waals surface area contributed by atoms with E-state index in [-0.39, 0.29) is 4.90 Å². The molecule has 1 heterocycles. The van der Waals surface area contributed by atoms with E-state index in [4.69, 9.17) is 4.55 Å². The van der Waals surface area contributed by atoms with Crippen LogP contribution in [0.4, 0.5) is 0 Å². The standard InChI is InChI=1S/C12H9N3O3S/c16-19(17,18)10-7-5-9(6-8-10)15-12-4-2-1-3-11(12)13-14-15/h1-8H,(H,16,17,18). The fourth-order valence-corrected chi connectivity index (χ4v) is 2.30. The van der Waals surface area contributed by atoms with Crippen LogP contribution < -0.4 is 0 Å². The molecule has 0 aliphatic rings. The Hall–Kier alpha value is -2.25. The summed E-state index contributed by atoms with van der Waals surface area (Å²) in [7, 11) is -4.18. The monoisotopic (exact) mass is 275 g/mol. The summed E-state index contributed by atoms with van der Waals surface area (Å²) in [6.07, 6.45) is 0. The highest BCUT2D eigenvalue weighted by molar-refractivity contribution is 7.85. The lowest BCUT2D eigenvalue weighted by atomic mass is 10.3. The van der Waals surface area contributed by atoms with E-state index in [1.807, 2.05) is 24.3 Å². The van der Waals surface area contributed by atoms with Gasteiger partial charge in [-0.05, 0) is 36.4 Å². The van der Waals surface area contributed by atoms with Crippen LogP contribution in [0.15, 0.2) is 53.4 Å². The van der Waals surface area contributed by atoms with Gasteiger partial charge in [-0.3, -0.25) is 4.55 Å². The lowest BCUT2D eigenvalue weighted by Gasteiger charge is -2.03. The molecule has 1 aromatic heterocycles. The van der Waals surface area contributed by atoms with Crippen LogP contribution in [0.5, 0.6) is 0 Å². The Morgan fingerprint density at radius 3 is 2.37 bits per heavy atom. The number of hydrogen-bond acceptors (Lipinski definition) is 4. The maximum absolute atomic E-state index is 11.0. The van der Waals surface area contributed by atoms with Gasteiger partial charge in [0.25, 0.3) is 10.1 Å². The normalized spacial score (nSPS) is 11.8. The summed E-state index contributed by atoms with van der Waals surface area (Å²) in [5, 5.41) is 8.02. The third-order valence-electron chi connectivity index (χ3n) is 2.73. The molecule has 0 unspecified atom stereocenters. The van der Waals surface area contributed by atoms with Gasteiger partial charge in [0.2, 0.25) is 0 Å². The fraction of sp³-hybridized carbons (Fsp3) is 0. The van der Waals surface area contributed by atoms with Crippen LogP contribution in [-0.2, 0) is 10.1 Å². The molecule has 96 valence electrons. The molecule has 0 atom stereocenters. The molecule has 1 N–H and O–H groups in total. The van der Waals surface area contributed by atoms with E-state index in [2.05, 4.69) is 10.3 Å². The van der Waals surface area contributed by atoms with Crippen molar-refractivity contribution in [3.8, 4) is 5.69 Å². The van der Waals surface area contributed by atoms with Gasteiger partial charge in [0.15, 0.2) is 0 Å². The van der Waals surface area contributed by atoms with E-state index in [1.165, 1.54) is 12.1 Å². The zero-order chi connectivity index (χ0) is 13.5. The molecule has 0 fully saturated rings. The van der Waals surface area contributed by atoms with E-state index in [1.54, 1.807) is 16.8 Å². The fourth-order valence-electron chi connectivity index (χ4n) is 1.82. The van der Waals surface area contributed by atoms with Crippen molar-refractivity contribution in [2.24, 2.45) is 0 Å². The van der Waals surface area contributed by atoms with Crippen LogP contribution in [0.25, 0.3) is 16.7 Å². The zero-order valence-electron chi connectivity index (χ0n) is 9.63. The second-order valence-corrected chi connectivity index (χ2v) is 5.38. The van der Waals surface area contributed by atoms with Crippen LogP contribution in [-0.4, -0.2) is 28.0 Å². The van der Waals surface area contributed by atoms with Crippen molar-refractivity contribution in [2.75, 3.05) is 0 Å². The van der Waals surface area contributed by atoms with Crippen LogP contribution in [0.1, 0.15) is 0 Å². The van der Waals surface area contributed by atoms with Crippen molar-refractivity contribution >= 4 is 21.2 Å². The SMILES string of the molecule is O=S(=O)(O)c1ccc(-n2nnc3ccccc32)cc1. The van der Waals surface area contributed by atoms with Crippen LogP contribution >= 0.6 is 0 Å². The van der Waals surface area contributed by atoms with Crippen LogP contribution in [0, 0.1) is 0 Å². The first-order valence-electron chi connectivity index (χ1n) is 5.44. The first kappa shape index (κ1) is 11.8. The van der Waals surface area contributed by atoms with Crippen molar-refractivity contribution in [2.45, 2.75) is 4.90 Å². The summed E-state index contributed by atoms with van der Waals surface area (Å²) >= 11 is 0. The van der Waals surface area contributed by atoms with Gasteiger partial charge in [0.1, 0.15) is 5.52 Å². The molecule has 0 aliphatic heterocycles. The molecule has 0 bridgehead atoms. The molecule has 2 aromatic carbocycles. The van der Waals surface area contributed by atoms with Crippen molar-refractivity contribution in [3.05, 3.63) is 48.5 Å². The van der Waals surface area contributed by atoms with E-state index < -0.39 is 10.1 Å². The average molecular weight is 275 g/mol. The van der Waals surface area contributed by atoms with Crippen LogP contribution in [0.3, 0.4) is 0 Å². The minimum absolute atomic E-state index is 0.152. The van der Waals surface area contributed by atoms with Crippen LogP contribution in [0.2, 0.25) is 0 Å². The Morgan fingerprint density at radius 1 is 1.00 bits per heavy atom. The van der Waals surface area contributed by atoms with Gasteiger partial charge in [-0.2, -0.15) is 8.42 Å². The first-order valence-corrected chi connectivity index (χ1v) is 6.88. The largest absolute Gasteiger partial charge is 0.294 e. The number of benzene rings is 2. The summed E-state index contributed by atoms with van der Waals surface area (Å²) in [5.41, 5.74) is 2.24. The molecule has 19 heavy (non-hydrogen) atoms. The number of fused-ring (bicyclic) bond motifs is 1. The number of hydrogen-bond donors (Lipinski definition) is 1. The van der Waals surface area contributed by atoms with Gasteiger partial charge in [-0.1, -0.05) is 17.3 Å². The molecule has 0 radical (unpaired) electrons. The van der Waals surface area contributed by atoms with Gasteiger partial charge in [-0.15, -0.1) is 5.10 Å². The second kappa shape index (κ2) is 4.15. The van der Waals surface area contributed by atoms with E-state index in [0.29, 0.717) is 5.69 Å². The quantitative estimate of drug-likeness (QED) is 0.719. The summed E-state index contributed by atoms with van der Waals surface area (Å²) in [5.74, 6) is 0. The highest BCUT2D eigenvalue weighted by atomic mass is 32.2. The molecule has 6 nitrogen and oxygen atoms in total. The van der Waals surface area contributed by atoms with E-state index >= 15 is 0 Å². The van der Waals surface area contributed by atoms with Gasteiger partial charge in [-0.25, -0.2) is 4.68 Å². The maximum atomic E-state index is 11.0. The van der Waals surface area contributed by atoms with Gasteiger partial charge < -0.3 is 0 Å².